The van der Waals surface area contributed by atoms with Gasteiger partial charge in [-0.1, -0.05) is 30.3 Å². The average molecular weight is 261 g/mol. The first-order valence-electron chi connectivity index (χ1n) is 6.94. The molecule has 1 aromatic rings. The molecule has 2 saturated heterocycles. The first-order valence-corrected chi connectivity index (χ1v) is 6.94. The molecule has 3 fully saturated rings. The minimum atomic E-state index is -0.575. The van der Waals surface area contributed by atoms with Crippen molar-refractivity contribution in [2.45, 2.75) is 44.6 Å². The quantitative estimate of drug-likeness (QED) is 0.850. The first kappa shape index (κ1) is 12.5. The maximum atomic E-state index is 11.7. The van der Waals surface area contributed by atoms with E-state index in [4.69, 9.17) is 9.47 Å². The molecular formula is C15H19NO3. The Morgan fingerprint density at radius 3 is 2.53 bits per heavy atom. The van der Waals surface area contributed by atoms with Crippen LogP contribution in [0.1, 0.15) is 31.2 Å². The van der Waals surface area contributed by atoms with Crippen LogP contribution >= 0.6 is 0 Å². The number of nitrogens with one attached hydrogen (secondary N) is 1. The zero-order valence-corrected chi connectivity index (χ0v) is 10.9. The summed E-state index contributed by atoms with van der Waals surface area (Å²) in [7, 11) is 0. The molecule has 2 aliphatic heterocycles. The molecular weight excluding hydrogens is 242 g/mol. The molecule has 2 bridgehead atoms. The van der Waals surface area contributed by atoms with Crippen LogP contribution in [0.3, 0.4) is 0 Å². The number of benzene rings is 1. The topological polar surface area (TPSA) is 47.6 Å². The molecule has 4 nitrogen and oxygen atoms in total. The minimum absolute atomic E-state index is 0.157. The summed E-state index contributed by atoms with van der Waals surface area (Å²) < 4.78 is 10.5. The molecule has 1 unspecified atom stereocenters. The van der Waals surface area contributed by atoms with Crippen LogP contribution in [0.4, 0.5) is 4.79 Å². The number of hydrogen-bond acceptors (Lipinski definition) is 4. The van der Waals surface area contributed by atoms with E-state index in [2.05, 4.69) is 5.32 Å². The van der Waals surface area contributed by atoms with Gasteiger partial charge in [-0.2, -0.15) is 0 Å². The SMILES string of the molecule is O=C(OCc1ccccc1)OC1NC2CCC1CC2. The Hall–Kier alpha value is -1.55. The lowest BCUT2D eigenvalue weighted by molar-refractivity contribution is -0.0540. The molecule has 4 heteroatoms. The van der Waals surface area contributed by atoms with Crippen molar-refractivity contribution in [3.8, 4) is 0 Å². The molecule has 0 aromatic heterocycles. The molecule has 1 aliphatic carbocycles. The lowest BCUT2D eigenvalue weighted by Crippen LogP contribution is -2.54. The van der Waals surface area contributed by atoms with E-state index in [1.807, 2.05) is 30.3 Å². The van der Waals surface area contributed by atoms with Gasteiger partial charge in [0.1, 0.15) is 6.61 Å². The Bertz CT molecular complexity index is 426. The molecule has 102 valence electrons. The Labute approximate surface area is 113 Å². The van der Waals surface area contributed by atoms with Gasteiger partial charge in [0.05, 0.1) is 0 Å². The second kappa shape index (κ2) is 5.61. The molecule has 0 spiro atoms. The lowest BCUT2D eigenvalue weighted by atomic mass is 9.80. The van der Waals surface area contributed by atoms with E-state index in [0.29, 0.717) is 12.0 Å². The summed E-state index contributed by atoms with van der Waals surface area (Å²) in [5.41, 5.74) is 0.970. The van der Waals surface area contributed by atoms with Crippen molar-refractivity contribution < 1.29 is 14.3 Å². The van der Waals surface area contributed by atoms with Crippen LogP contribution in [-0.2, 0) is 16.1 Å². The highest BCUT2D eigenvalue weighted by Gasteiger charge is 2.37. The maximum Gasteiger partial charge on any atom is 0.510 e. The van der Waals surface area contributed by atoms with Gasteiger partial charge in [-0.05, 0) is 31.2 Å². The average Bonchev–Trinajstić information content (AvgIpc) is 2.47. The highest BCUT2D eigenvalue weighted by atomic mass is 16.7. The van der Waals surface area contributed by atoms with Gasteiger partial charge in [-0.15, -0.1) is 0 Å². The molecule has 3 aliphatic rings. The van der Waals surface area contributed by atoms with E-state index in [1.165, 1.54) is 12.8 Å². The summed E-state index contributed by atoms with van der Waals surface area (Å²) in [5, 5.41) is 3.36. The smallest absolute Gasteiger partial charge is 0.429 e. The standard InChI is InChI=1S/C15H19NO3/c17-15(18-10-11-4-2-1-3-5-11)19-14-12-6-8-13(16-14)9-7-12/h1-5,12-14,16H,6-10H2. The highest BCUT2D eigenvalue weighted by molar-refractivity contribution is 5.60. The van der Waals surface area contributed by atoms with Crippen LogP contribution in [-0.4, -0.2) is 18.4 Å². The summed E-state index contributed by atoms with van der Waals surface area (Å²) in [5.74, 6) is 0.453. The largest absolute Gasteiger partial charge is 0.510 e. The van der Waals surface area contributed by atoms with Gasteiger partial charge in [0, 0.05) is 12.0 Å². The van der Waals surface area contributed by atoms with Crippen molar-refractivity contribution in [3.63, 3.8) is 0 Å². The third-order valence-corrected chi connectivity index (χ3v) is 4.02. The van der Waals surface area contributed by atoms with Gasteiger partial charge in [0.25, 0.3) is 0 Å². The molecule has 1 aromatic carbocycles. The predicted molar refractivity (Wildman–Crippen MR) is 70.4 cm³/mol. The summed E-state index contributed by atoms with van der Waals surface area (Å²) in [4.78, 5) is 11.7. The molecule has 0 radical (unpaired) electrons. The van der Waals surface area contributed by atoms with Gasteiger partial charge in [0.2, 0.25) is 0 Å². The number of rotatable bonds is 3. The fourth-order valence-corrected chi connectivity index (χ4v) is 2.94. The summed E-state index contributed by atoms with van der Waals surface area (Å²) in [6, 6.07) is 10.1. The van der Waals surface area contributed by atoms with Crippen LogP contribution in [0.5, 0.6) is 0 Å². The van der Waals surface area contributed by atoms with E-state index in [9.17, 15) is 4.79 Å². The van der Waals surface area contributed by atoms with Crippen molar-refractivity contribution in [2.24, 2.45) is 5.92 Å². The zero-order chi connectivity index (χ0) is 13.1. The Morgan fingerprint density at radius 2 is 1.89 bits per heavy atom. The Balaban J connectivity index is 1.46. The molecule has 1 N–H and O–H groups in total. The Kier molecular flexibility index (Phi) is 3.69. The molecule has 19 heavy (non-hydrogen) atoms. The van der Waals surface area contributed by atoms with Crippen molar-refractivity contribution in [3.05, 3.63) is 35.9 Å². The van der Waals surface area contributed by atoms with Crippen LogP contribution in [0.2, 0.25) is 0 Å². The first-order chi connectivity index (χ1) is 9.31. The van der Waals surface area contributed by atoms with Crippen molar-refractivity contribution in [1.82, 2.24) is 5.32 Å². The third kappa shape index (κ3) is 3.07. The van der Waals surface area contributed by atoms with Gasteiger partial charge in [0.15, 0.2) is 6.23 Å². The summed E-state index contributed by atoms with van der Waals surface area (Å²) >= 11 is 0. The van der Waals surface area contributed by atoms with Gasteiger partial charge in [-0.25, -0.2) is 4.79 Å². The van der Waals surface area contributed by atoms with Crippen LogP contribution in [0.25, 0.3) is 0 Å². The molecule has 1 saturated carbocycles. The lowest BCUT2D eigenvalue weighted by Gasteiger charge is -2.42. The number of carbonyl (C=O) groups is 1. The fraction of sp³-hybridized carbons (Fsp3) is 0.533. The second-order valence-corrected chi connectivity index (χ2v) is 5.34. The molecule has 4 rings (SSSR count). The molecule has 0 amide bonds. The van der Waals surface area contributed by atoms with Gasteiger partial charge >= 0.3 is 6.16 Å². The second-order valence-electron chi connectivity index (χ2n) is 5.34. The summed E-state index contributed by atoms with van der Waals surface area (Å²) in [6.45, 7) is 0.264. The number of hydrogen-bond donors (Lipinski definition) is 1. The number of fused-ring (bicyclic) bond motifs is 3. The third-order valence-electron chi connectivity index (χ3n) is 4.02. The van der Waals surface area contributed by atoms with Crippen LogP contribution in [0, 0.1) is 5.92 Å². The summed E-state index contributed by atoms with van der Waals surface area (Å²) in [6.07, 6.45) is 3.96. The fourth-order valence-electron chi connectivity index (χ4n) is 2.94. The van der Waals surface area contributed by atoms with Gasteiger partial charge in [-0.3, -0.25) is 5.32 Å². The van der Waals surface area contributed by atoms with Crippen molar-refractivity contribution in [1.29, 1.82) is 0 Å². The number of piperidine rings is 2. The van der Waals surface area contributed by atoms with Crippen molar-refractivity contribution in [2.75, 3.05) is 0 Å². The van der Waals surface area contributed by atoms with E-state index in [0.717, 1.165) is 18.4 Å². The van der Waals surface area contributed by atoms with Crippen molar-refractivity contribution >= 4 is 6.16 Å². The molecule has 1 atom stereocenters. The number of ether oxygens (including phenoxy) is 2. The van der Waals surface area contributed by atoms with E-state index in [-0.39, 0.29) is 12.8 Å². The van der Waals surface area contributed by atoms with Crippen LogP contribution in [0.15, 0.2) is 30.3 Å². The van der Waals surface area contributed by atoms with E-state index in [1.54, 1.807) is 0 Å². The normalized spacial score (nSPS) is 28.9. The van der Waals surface area contributed by atoms with Gasteiger partial charge < -0.3 is 9.47 Å². The molecule has 2 heterocycles. The Morgan fingerprint density at radius 1 is 1.16 bits per heavy atom. The highest BCUT2D eigenvalue weighted by Crippen LogP contribution is 2.33. The minimum Gasteiger partial charge on any atom is -0.429 e. The monoisotopic (exact) mass is 261 g/mol. The predicted octanol–water partition coefficient (Wildman–Crippen LogP) is 2.83. The van der Waals surface area contributed by atoms with Crippen LogP contribution < -0.4 is 5.32 Å². The zero-order valence-electron chi connectivity index (χ0n) is 10.9. The van der Waals surface area contributed by atoms with E-state index >= 15 is 0 Å². The maximum absolute atomic E-state index is 11.7. The van der Waals surface area contributed by atoms with E-state index < -0.39 is 6.16 Å². The number of carbonyl (C=O) groups excluding carboxylic acids is 1.